The number of carboxylic acid groups (broad SMARTS) is 1. The number of nitrogens with one attached hydrogen (secondary N) is 1. The second-order valence-corrected chi connectivity index (χ2v) is 4.47. The smallest absolute Gasteiger partial charge is 0.304 e. The third-order valence-corrected chi connectivity index (χ3v) is 2.86. The lowest BCUT2D eigenvalue weighted by Crippen LogP contribution is -2.15. The van der Waals surface area contributed by atoms with E-state index in [0.717, 1.165) is 30.0 Å². The highest BCUT2D eigenvalue weighted by Crippen LogP contribution is 2.15. The Morgan fingerprint density at radius 1 is 1.33 bits per heavy atom. The fraction of sp³-hybridized carbons (Fsp3) is 0.273. The zero-order valence-electron chi connectivity index (χ0n) is 9.28. The minimum Gasteiger partial charge on any atom is -0.481 e. The molecule has 1 aromatic rings. The van der Waals surface area contributed by atoms with Crippen molar-refractivity contribution in [2.45, 2.75) is 6.42 Å². The Labute approximate surface area is 106 Å². The summed E-state index contributed by atoms with van der Waals surface area (Å²) in [6.45, 7) is 0. The van der Waals surface area contributed by atoms with E-state index in [-0.39, 0.29) is 23.6 Å². The van der Waals surface area contributed by atoms with Gasteiger partial charge < -0.3 is 10.4 Å². The van der Waals surface area contributed by atoms with Gasteiger partial charge in [-0.3, -0.25) is 9.59 Å². The minimum atomic E-state index is -0.945. The van der Waals surface area contributed by atoms with Crippen LogP contribution in [0.15, 0.2) is 18.2 Å². The van der Waals surface area contributed by atoms with Crippen LogP contribution in [0.2, 0.25) is 0 Å². The molecule has 0 atom stereocenters. The van der Waals surface area contributed by atoms with Crippen molar-refractivity contribution in [1.82, 2.24) is 0 Å². The molecular weight excluding hydrogens is 264 g/mol. The Kier molecular flexibility index (Phi) is 5.57. The van der Waals surface area contributed by atoms with E-state index in [1.54, 1.807) is 0 Å². The molecule has 18 heavy (non-hydrogen) atoms. The van der Waals surface area contributed by atoms with Crippen molar-refractivity contribution in [3.63, 3.8) is 0 Å². The molecule has 0 unspecified atom stereocenters. The molecule has 1 rings (SSSR count). The van der Waals surface area contributed by atoms with Gasteiger partial charge in [-0.15, -0.1) is 0 Å². The fourth-order valence-electron chi connectivity index (χ4n) is 1.10. The third kappa shape index (κ3) is 5.13. The number of hydrogen-bond acceptors (Lipinski definition) is 3. The highest BCUT2D eigenvalue weighted by Gasteiger charge is 2.08. The van der Waals surface area contributed by atoms with Crippen molar-refractivity contribution in [2.75, 3.05) is 16.8 Å². The van der Waals surface area contributed by atoms with Crippen molar-refractivity contribution in [1.29, 1.82) is 0 Å². The lowest BCUT2D eigenvalue weighted by molar-refractivity contribution is -0.136. The van der Waals surface area contributed by atoms with Crippen molar-refractivity contribution in [2.24, 2.45) is 0 Å². The molecular formula is C11H11F2NO3S. The number of rotatable bonds is 6. The van der Waals surface area contributed by atoms with Gasteiger partial charge in [-0.25, -0.2) is 8.78 Å². The van der Waals surface area contributed by atoms with Crippen molar-refractivity contribution >= 4 is 29.3 Å². The van der Waals surface area contributed by atoms with Crippen molar-refractivity contribution in [3.8, 4) is 0 Å². The molecule has 0 aliphatic carbocycles. The first-order chi connectivity index (χ1) is 8.49. The Balaban J connectivity index is 2.40. The summed E-state index contributed by atoms with van der Waals surface area (Å²) in [7, 11) is 0. The average molecular weight is 275 g/mol. The number of amides is 1. The first-order valence-corrected chi connectivity index (χ1v) is 6.19. The number of carboxylic acids is 1. The first kappa shape index (κ1) is 14.4. The maximum absolute atomic E-state index is 13.2. The molecule has 0 radical (unpaired) electrons. The average Bonchev–Trinajstić information content (AvgIpc) is 2.29. The van der Waals surface area contributed by atoms with E-state index in [1.807, 2.05) is 0 Å². The molecule has 0 aliphatic rings. The summed E-state index contributed by atoms with van der Waals surface area (Å²) in [5.74, 6) is -2.54. The maximum Gasteiger partial charge on any atom is 0.304 e. The zero-order chi connectivity index (χ0) is 13.5. The molecule has 1 amide bonds. The number of hydrogen-bond donors (Lipinski definition) is 2. The summed E-state index contributed by atoms with van der Waals surface area (Å²) < 4.78 is 26.0. The molecule has 0 aliphatic heterocycles. The van der Waals surface area contributed by atoms with Crippen LogP contribution >= 0.6 is 11.8 Å². The van der Waals surface area contributed by atoms with Crippen LogP contribution in [0, 0.1) is 11.6 Å². The van der Waals surface area contributed by atoms with Crippen molar-refractivity contribution in [3.05, 3.63) is 29.8 Å². The van der Waals surface area contributed by atoms with E-state index in [0.29, 0.717) is 0 Å². The molecule has 0 aromatic heterocycles. The number of aliphatic carboxylic acids is 1. The lowest BCUT2D eigenvalue weighted by atomic mass is 10.3. The Bertz CT molecular complexity index is 454. The molecule has 1 aromatic carbocycles. The topological polar surface area (TPSA) is 66.4 Å². The zero-order valence-corrected chi connectivity index (χ0v) is 10.1. The molecule has 4 nitrogen and oxygen atoms in total. The van der Waals surface area contributed by atoms with E-state index >= 15 is 0 Å². The van der Waals surface area contributed by atoms with Crippen LogP contribution in [-0.4, -0.2) is 28.5 Å². The summed E-state index contributed by atoms with van der Waals surface area (Å²) in [6, 6.07) is 2.75. The number of halogens is 2. The van der Waals surface area contributed by atoms with Crippen LogP contribution in [0.4, 0.5) is 14.5 Å². The van der Waals surface area contributed by atoms with Crippen LogP contribution in [-0.2, 0) is 9.59 Å². The van der Waals surface area contributed by atoms with Gasteiger partial charge in [0.25, 0.3) is 0 Å². The number of carbonyl (C=O) groups is 2. The molecule has 98 valence electrons. The van der Waals surface area contributed by atoms with E-state index in [4.69, 9.17) is 5.11 Å². The van der Waals surface area contributed by atoms with Gasteiger partial charge in [0.1, 0.15) is 11.6 Å². The molecule has 0 heterocycles. The van der Waals surface area contributed by atoms with Gasteiger partial charge in [-0.05, 0) is 12.1 Å². The normalized spacial score (nSPS) is 10.1. The second-order valence-electron chi connectivity index (χ2n) is 3.37. The predicted octanol–water partition coefficient (Wildman–Crippen LogP) is 2.11. The summed E-state index contributed by atoms with van der Waals surface area (Å²) in [5, 5.41) is 10.6. The van der Waals surface area contributed by atoms with E-state index in [2.05, 4.69) is 5.32 Å². The molecule has 0 spiro atoms. The second kappa shape index (κ2) is 6.95. The van der Waals surface area contributed by atoms with Gasteiger partial charge in [0, 0.05) is 11.8 Å². The van der Waals surface area contributed by atoms with Crippen molar-refractivity contribution < 1.29 is 23.5 Å². The monoisotopic (exact) mass is 275 g/mol. The van der Waals surface area contributed by atoms with Gasteiger partial charge in [-0.2, -0.15) is 11.8 Å². The Hall–Kier alpha value is -1.63. The van der Waals surface area contributed by atoms with Gasteiger partial charge in [-0.1, -0.05) is 0 Å². The minimum absolute atomic E-state index is 0.0107. The number of thioether (sulfide) groups is 1. The summed E-state index contributed by atoms with van der Waals surface area (Å²) in [6.07, 6.45) is -0.0493. The van der Waals surface area contributed by atoms with Gasteiger partial charge in [0.2, 0.25) is 5.91 Å². The Morgan fingerprint density at radius 2 is 2.06 bits per heavy atom. The first-order valence-electron chi connectivity index (χ1n) is 5.03. The highest BCUT2D eigenvalue weighted by atomic mass is 32.2. The SMILES string of the molecule is O=C(O)CCSCC(=O)Nc1cc(F)ccc1F. The largest absolute Gasteiger partial charge is 0.481 e. The van der Waals surface area contributed by atoms with Crippen LogP contribution < -0.4 is 5.32 Å². The number of benzene rings is 1. The van der Waals surface area contributed by atoms with E-state index in [9.17, 15) is 18.4 Å². The maximum atomic E-state index is 13.2. The molecule has 0 saturated carbocycles. The Morgan fingerprint density at radius 3 is 2.72 bits per heavy atom. The van der Waals surface area contributed by atoms with Gasteiger partial charge >= 0.3 is 5.97 Å². The summed E-state index contributed by atoms with van der Waals surface area (Å²) in [5.41, 5.74) is -0.223. The summed E-state index contributed by atoms with van der Waals surface area (Å²) >= 11 is 1.11. The lowest BCUT2D eigenvalue weighted by Gasteiger charge is -2.06. The fourth-order valence-corrected chi connectivity index (χ4v) is 1.82. The van der Waals surface area contributed by atoms with Gasteiger partial charge in [0.15, 0.2) is 0 Å². The van der Waals surface area contributed by atoms with E-state index < -0.39 is 23.5 Å². The summed E-state index contributed by atoms with van der Waals surface area (Å²) in [4.78, 5) is 21.6. The van der Waals surface area contributed by atoms with Crippen LogP contribution in [0.5, 0.6) is 0 Å². The predicted molar refractivity (Wildman–Crippen MR) is 64.6 cm³/mol. The quantitative estimate of drug-likeness (QED) is 0.780. The van der Waals surface area contributed by atoms with Gasteiger partial charge in [0.05, 0.1) is 17.9 Å². The van der Waals surface area contributed by atoms with E-state index in [1.165, 1.54) is 0 Å². The molecule has 0 bridgehead atoms. The molecule has 2 N–H and O–H groups in total. The molecule has 0 fully saturated rings. The van der Waals surface area contributed by atoms with Crippen LogP contribution in [0.3, 0.4) is 0 Å². The number of carbonyl (C=O) groups excluding carboxylic acids is 1. The molecule has 0 saturated heterocycles. The molecule has 7 heteroatoms. The number of anilines is 1. The standard InChI is InChI=1S/C11H11F2NO3S/c12-7-1-2-8(13)9(5-7)14-10(15)6-18-4-3-11(16)17/h1-2,5H,3-4,6H2,(H,14,15)(H,16,17). The van der Waals surface area contributed by atoms with Crippen LogP contribution in [0.25, 0.3) is 0 Å². The highest BCUT2D eigenvalue weighted by molar-refractivity contribution is 7.99. The third-order valence-electron chi connectivity index (χ3n) is 1.90. The van der Waals surface area contributed by atoms with Crippen LogP contribution in [0.1, 0.15) is 6.42 Å².